The zero-order valence-corrected chi connectivity index (χ0v) is 17.0. The van der Waals surface area contributed by atoms with Crippen LogP contribution in [0.2, 0.25) is 10.0 Å². The third-order valence-electron chi connectivity index (χ3n) is 3.58. The van der Waals surface area contributed by atoms with Crippen molar-refractivity contribution < 1.29 is 13.2 Å². The number of ether oxygens (including phenoxy) is 1. The Morgan fingerprint density at radius 1 is 1.08 bits per heavy atom. The zero-order chi connectivity index (χ0) is 19.3. The Labute approximate surface area is 164 Å². The van der Waals surface area contributed by atoms with E-state index in [1.807, 2.05) is 26.0 Å². The van der Waals surface area contributed by atoms with Crippen molar-refractivity contribution in [2.45, 2.75) is 37.8 Å². The Kier molecular flexibility index (Phi) is 7.32. The fourth-order valence-electron chi connectivity index (χ4n) is 2.37. The predicted molar refractivity (Wildman–Crippen MR) is 105 cm³/mol. The Morgan fingerprint density at radius 2 is 1.65 bits per heavy atom. The normalized spacial score (nSPS) is 11.8. The van der Waals surface area contributed by atoms with Crippen molar-refractivity contribution in [3.8, 4) is 5.75 Å². The highest BCUT2D eigenvalue weighted by Gasteiger charge is 2.11. The molecule has 0 saturated heterocycles. The van der Waals surface area contributed by atoms with Crippen LogP contribution in [0.15, 0.2) is 41.3 Å². The van der Waals surface area contributed by atoms with Crippen molar-refractivity contribution in [1.82, 2.24) is 5.32 Å². The van der Waals surface area contributed by atoms with Gasteiger partial charge < -0.3 is 10.1 Å². The van der Waals surface area contributed by atoms with Gasteiger partial charge in [-0.25, -0.2) is 13.6 Å². The first kappa shape index (κ1) is 21.0. The number of nitrogens with two attached hydrogens (primary N) is 1. The van der Waals surface area contributed by atoms with Gasteiger partial charge in [0.25, 0.3) is 0 Å². The van der Waals surface area contributed by atoms with Crippen LogP contribution in [0.5, 0.6) is 5.75 Å². The minimum Gasteiger partial charge on any atom is -0.488 e. The molecule has 0 aliphatic carbocycles. The molecule has 8 heteroatoms. The molecule has 0 aromatic heterocycles. The van der Waals surface area contributed by atoms with E-state index in [4.69, 9.17) is 33.1 Å². The summed E-state index contributed by atoms with van der Waals surface area (Å²) in [7, 11) is -3.65. The molecule has 3 N–H and O–H groups in total. The van der Waals surface area contributed by atoms with Gasteiger partial charge in [0.2, 0.25) is 10.0 Å². The van der Waals surface area contributed by atoms with Gasteiger partial charge in [-0.15, -0.1) is 0 Å². The molecule has 2 rings (SSSR count). The summed E-state index contributed by atoms with van der Waals surface area (Å²) in [4.78, 5) is 0.113. The third-order valence-corrected chi connectivity index (χ3v) is 5.07. The van der Waals surface area contributed by atoms with Gasteiger partial charge in [-0.2, -0.15) is 0 Å². The van der Waals surface area contributed by atoms with E-state index < -0.39 is 10.0 Å². The summed E-state index contributed by atoms with van der Waals surface area (Å²) in [5, 5.41) is 9.37. The van der Waals surface area contributed by atoms with Crippen LogP contribution in [0, 0.1) is 0 Å². The summed E-state index contributed by atoms with van der Waals surface area (Å²) < 4.78 is 28.1. The first-order valence-corrected chi connectivity index (χ1v) is 10.4. The number of hydrogen-bond donors (Lipinski definition) is 2. The number of halogens is 2. The van der Waals surface area contributed by atoms with Gasteiger partial charge in [-0.3, -0.25) is 0 Å². The molecular weight excluding hydrogens is 395 g/mol. The predicted octanol–water partition coefficient (Wildman–Crippen LogP) is 3.76. The second-order valence-corrected chi connectivity index (χ2v) is 8.55. The van der Waals surface area contributed by atoms with Gasteiger partial charge in [0.1, 0.15) is 0 Å². The van der Waals surface area contributed by atoms with E-state index in [1.165, 1.54) is 12.1 Å². The van der Waals surface area contributed by atoms with E-state index >= 15 is 0 Å². The largest absolute Gasteiger partial charge is 0.488 e. The molecule has 0 amide bonds. The van der Waals surface area contributed by atoms with Crippen LogP contribution in [0.4, 0.5) is 0 Å². The molecule has 0 fully saturated rings. The highest BCUT2D eigenvalue weighted by Crippen LogP contribution is 2.34. The summed E-state index contributed by atoms with van der Waals surface area (Å²) in [6.45, 7) is 5.15. The van der Waals surface area contributed by atoms with E-state index in [2.05, 4.69) is 5.32 Å². The van der Waals surface area contributed by atoms with Gasteiger partial charge in [0.05, 0.1) is 21.0 Å². The molecule has 0 heterocycles. The Morgan fingerprint density at radius 3 is 2.15 bits per heavy atom. The fourth-order valence-corrected chi connectivity index (χ4v) is 3.51. The van der Waals surface area contributed by atoms with Crippen molar-refractivity contribution >= 4 is 33.2 Å². The van der Waals surface area contributed by atoms with Crippen molar-refractivity contribution in [1.29, 1.82) is 0 Å². The first-order chi connectivity index (χ1) is 12.2. The zero-order valence-electron chi connectivity index (χ0n) is 14.6. The number of benzene rings is 2. The maximum absolute atomic E-state index is 11.2. The Bertz CT molecular complexity index is 830. The average molecular weight is 417 g/mol. The van der Waals surface area contributed by atoms with Gasteiger partial charge in [-0.1, -0.05) is 35.3 Å². The molecular formula is C18H22Cl2N2O3S. The van der Waals surface area contributed by atoms with E-state index in [0.717, 1.165) is 17.5 Å². The molecule has 0 radical (unpaired) electrons. The quantitative estimate of drug-likeness (QED) is 0.641. The Hall–Kier alpha value is -1.31. The van der Waals surface area contributed by atoms with Crippen molar-refractivity contribution in [2.24, 2.45) is 5.14 Å². The molecule has 0 atom stereocenters. The monoisotopic (exact) mass is 416 g/mol. The van der Waals surface area contributed by atoms with Crippen LogP contribution in [0.25, 0.3) is 0 Å². The summed E-state index contributed by atoms with van der Waals surface area (Å²) in [5.41, 5.74) is 1.97. The lowest BCUT2D eigenvalue weighted by Crippen LogP contribution is -2.17. The minimum absolute atomic E-state index is 0.00498. The van der Waals surface area contributed by atoms with Gasteiger partial charge in [0, 0.05) is 6.54 Å². The molecule has 142 valence electrons. The molecule has 0 bridgehead atoms. The molecule has 0 saturated carbocycles. The summed E-state index contributed by atoms with van der Waals surface area (Å²) in [6, 6.07) is 10.2. The summed E-state index contributed by atoms with van der Waals surface area (Å²) in [5.74, 6) is 0.502. The number of primary sulfonamides is 1. The van der Waals surface area contributed by atoms with Crippen molar-refractivity contribution in [3.05, 3.63) is 57.6 Å². The lowest BCUT2D eigenvalue weighted by molar-refractivity contribution is 0.242. The third kappa shape index (κ3) is 6.14. The number of hydrogen-bond acceptors (Lipinski definition) is 4. The number of nitrogens with one attached hydrogen (secondary N) is 1. The highest BCUT2D eigenvalue weighted by atomic mass is 35.5. The SMILES string of the molecule is CC(C)Oc1c(Cl)cc(CNCCc2ccc(S(N)(=O)=O)cc2)cc1Cl. The minimum atomic E-state index is -3.65. The molecule has 5 nitrogen and oxygen atoms in total. The standard InChI is InChI=1S/C18H22Cl2N2O3S/c1-12(2)25-18-16(19)9-14(10-17(18)20)11-22-8-7-13-3-5-15(6-4-13)26(21,23)24/h3-6,9-10,12,22H,7-8,11H2,1-2H3,(H2,21,23,24). The van der Waals surface area contributed by atoms with Gasteiger partial charge in [-0.05, 0) is 62.2 Å². The number of rotatable bonds is 8. The van der Waals surface area contributed by atoms with Crippen LogP contribution in [-0.2, 0) is 23.0 Å². The molecule has 0 spiro atoms. The molecule has 26 heavy (non-hydrogen) atoms. The van der Waals surface area contributed by atoms with Gasteiger partial charge in [0.15, 0.2) is 5.75 Å². The van der Waals surface area contributed by atoms with Crippen molar-refractivity contribution in [2.75, 3.05) is 6.54 Å². The highest BCUT2D eigenvalue weighted by molar-refractivity contribution is 7.89. The molecule has 0 unspecified atom stereocenters. The average Bonchev–Trinajstić information content (AvgIpc) is 2.54. The van der Waals surface area contributed by atoms with Crippen LogP contribution < -0.4 is 15.2 Å². The van der Waals surface area contributed by atoms with Crippen LogP contribution in [-0.4, -0.2) is 21.1 Å². The maximum atomic E-state index is 11.2. The van der Waals surface area contributed by atoms with E-state index in [0.29, 0.717) is 28.9 Å². The van der Waals surface area contributed by atoms with Gasteiger partial charge >= 0.3 is 0 Å². The second kappa shape index (κ2) is 9.06. The number of sulfonamides is 1. The van der Waals surface area contributed by atoms with Crippen LogP contribution in [0.1, 0.15) is 25.0 Å². The lowest BCUT2D eigenvalue weighted by atomic mass is 10.1. The Balaban J connectivity index is 1.88. The van der Waals surface area contributed by atoms with Crippen LogP contribution in [0.3, 0.4) is 0 Å². The van der Waals surface area contributed by atoms with E-state index in [-0.39, 0.29) is 11.0 Å². The maximum Gasteiger partial charge on any atom is 0.238 e. The second-order valence-electron chi connectivity index (χ2n) is 6.17. The molecule has 2 aromatic carbocycles. The molecule has 0 aliphatic heterocycles. The topological polar surface area (TPSA) is 81.4 Å². The van der Waals surface area contributed by atoms with Crippen molar-refractivity contribution in [3.63, 3.8) is 0 Å². The molecule has 2 aromatic rings. The first-order valence-electron chi connectivity index (χ1n) is 8.14. The lowest BCUT2D eigenvalue weighted by Gasteiger charge is -2.14. The summed E-state index contributed by atoms with van der Waals surface area (Å²) >= 11 is 12.5. The van der Waals surface area contributed by atoms with E-state index in [1.54, 1.807) is 12.1 Å². The van der Waals surface area contributed by atoms with E-state index in [9.17, 15) is 8.42 Å². The van der Waals surface area contributed by atoms with Crippen LogP contribution >= 0.6 is 23.2 Å². The smallest absolute Gasteiger partial charge is 0.238 e. The molecule has 0 aliphatic rings. The fraction of sp³-hybridized carbons (Fsp3) is 0.333. The summed E-state index contributed by atoms with van der Waals surface area (Å²) in [6.07, 6.45) is 0.746.